The van der Waals surface area contributed by atoms with Gasteiger partial charge in [-0.3, -0.25) is 10.7 Å². The molecule has 190 valence electrons. The molecular weight excluding hydrogens is 547 g/mol. The summed E-state index contributed by atoms with van der Waals surface area (Å²) in [6.07, 6.45) is 0. The van der Waals surface area contributed by atoms with E-state index < -0.39 is 17.6 Å². The smallest absolute Gasteiger partial charge is 0.254 e. The van der Waals surface area contributed by atoms with Gasteiger partial charge in [0, 0.05) is 26.9 Å². The summed E-state index contributed by atoms with van der Waals surface area (Å²) in [5, 5.41) is 15.4. The summed E-state index contributed by atoms with van der Waals surface area (Å²) in [5.41, 5.74) is 1.42. The third kappa shape index (κ3) is 6.66. The molecule has 2 heterocycles. The van der Waals surface area contributed by atoms with E-state index in [1.165, 1.54) is 26.3 Å². The number of amides is 1. The summed E-state index contributed by atoms with van der Waals surface area (Å²) < 4.78 is 25.7. The Hall–Kier alpha value is -2.88. The molecule has 7 nitrogen and oxygen atoms in total. The molecule has 2 aliphatic rings. The van der Waals surface area contributed by atoms with Crippen LogP contribution in [-0.2, 0) is 9.53 Å². The molecule has 0 radical (unpaired) electrons. The van der Waals surface area contributed by atoms with Crippen molar-refractivity contribution < 1.29 is 23.6 Å². The van der Waals surface area contributed by atoms with Crippen molar-refractivity contribution in [2.45, 2.75) is 12.8 Å². The van der Waals surface area contributed by atoms with Crippen LogP contribution in [0.15, 0.2) is 63.8 Å². The molecule has 1 atom stereocenters. The van der Waals surface area contributed by atoms with Gasteiger partial charge >= 0.3 is 0 Å². The van der Waals surface area contributed by atoms with Gasteiger partial charge in [0.15, 0.2) is 0 Å². The number of morpholine rings is 1. The van der Waals surface area contributed by atoms with Crippen molar-refractivity contribution in [1.29, 1.82) is 0 Å². The summed E-state index contributed by atoms with van der Waals surface area (Å²) in [6.45, 7) is 5.93. The Morgan fingerprint density at radius 3 is 2.58 bits per heavy atom. The first-order valence-corrected chi connectivity index (χ1v) is 12.5. The average Bonchev–Trinajstić information content (AvgIpc) is 2.85. The van der Waals surface area contributed by atoms with E-state index >= 15 is 0 Å². The van der Waals surface area contributed by atoms with Crippen molar-refractivity contribution in [3.63, 3.8) is 0 Å². The lowest BCUT2D eigenvalue weighted by Crippen LogP contribution is -3.11. The largest absolute Gasteiger partial charge is 0.763 e. The number of hydrogen-bond acceptors (Lipinski definition) is 4. The number of rotatable bonds is 4. The van der Waals surface area contributed by atoms with E-state index in [2.05, 4.69) is 33.6 Å². The molecule has 1 amide bonds. The summed E-state index contributed by atoms with van der Waals surface area (Å²) in [6, 6.07) is 11.4. The average molecular weight is 576 g/mol. The first-order valence-electron chi connectivity index (χ1n) is 11.3. The molecule has 0 saturated carbocycles. The minimum absolute atomic E-state index is 0.108. The molecule has 0 aliphatic carbocycles. The van der Waals surface area contributed by atoms with E-state index in [1.807, 2.05) is 5.87 Å². The number of para-hydroxylation sites is 2. The maximum atomic E-state index is 14.8. The van der Waals surface area contributed by atoms with Crippen LogP contribution in [0.5, 0.6) is 5.75 Å². The van der Waals surface area contributed by atoms with Crippen LogP contribution >= 0.6 is 28.1 Å². The maximum Gasteiger partial charge on any atom is 0.254 e. The van der Waals surface area contributed by atoms with Crippen molar-refractivity contribution in [3.05, 3.63) is 80.6 Å². The van der Waals surface area contributed by atoms with Crippen LogP contribution in [0, 0.1) is 5.82 Å². The normalized spacial score (nSPS) is 18.0. The highest BCUT2D eigenvalue weighted by atomic mass is 79.9. The molecule has 3 N–H and O–H groups in total. The number of thiocarbonyl (C=S) groups is 1. The molecule has 1 unspecified atom stereocenters. The number of anilines is 1. The predicted molar refractivity (Wildman–Crippen MR) is 146 cm³/mol. The Morgan fingerprint density at radius 2 is 2.00 bits per heavy atom. The molecule has 1 fully saturated rings. The molecule has 1 saturated heterocycles. The van der Waals surface area contributed by atoms with Crippen LogP contribution in [0.1, 0.15) is 18.4 Å². The minimum atomic E-state index is -0.934. The fourth-order valence-corrected chi connectivity index (χ4v) is 4.57. The number of halogens is 2. The lowest BCUT2D eigenvalue weighted by Gasteiger charge is -2.31. The minimum Gasteiger partial charge on any atom is -0.763 e. The Bertz CT molecular complexity index is 1220. The Labute approximate surface area is 224 Å². The second-order valence-electron chi connectivity index (χ2n) is 8.34. The SMILES string of the molecule is COc1ccccc1NC(=O)C1=C(C)NC(=S)C(=C=[N-])C1c1ccc(Br)cc1F.C[NH+]1CCOCC1. The highest BCUT2D eigenvalue weighted by molar-refractivity contribution is 9.10. The third-order valence-electron chi connectivity index (χ3n) is 5.87. The van der Waals surface area contributed by atoms with Crippen LogP contribution in [0.3, 0.4) is 0 Å². The fourth-order valence-electron chi connectivity index (χ4n) is 3.92. The molecule has 36 heavy (non-hydrogen) atoms. The quantitative estimate of drug-likeness (QED) is 0.296. The van der Waals surface area contributed by atoms with Gasteiger partial charge in [-0.2, -0.15) is 0 Å². The molecule has 0 spiro atoms. The van der Waals surface area contributed by atoms with Gasteiger partial charge in [0.2, 0.25) is 0 Å². The van der Waals surface area contributed by atoms with Crippen LogP contribution in [-0.4, -0.2) is 57.2 Å². The summed E-state index contributed by atoms with van der Waals surface area (Å²) in [7, 11) is 3.69. The molecule has 2 aliphatic heterocycles. The number of likely N-dealkylation sites (N-methyl/N-ethyl adjacent to an activating group) is 1. The summed E-state index contributed by atoms with van der Waals surface area (Å²) in [4.78, 5) is 15.0. The van der Waals surface area contributed by atoms with Gasteiger partial charge in [-0.25, -0.2) is 4.39 Å². The zero-order chi connectivity index (χ0) is 26.2. The third-order valence-corrected chi connectivity index (χ3v) is 6.68. The molecule has 2 aromatic rings. The topological polar surface area (TPSA) is 86.3 Å². The van der Waals surface area contributed by atoms with Crippen molar-refractivity contribution in [2.24, 2.45) is 0 Å². The number of methoxy groups -OCH3 is 1. The van der Waals surface area contributed by atoms with Crippen molar-refractivity contribution in [3.8, 4) is 5.75 Å². The predicted octanol–water partition coefficient (Wildman–Crippen LogP) is 3.22. The van der Waals surface area contributed by atoms with Crippen LogP contribution in [0.2, 0.25) is 0 Å². The standard InChI is InChI=1S/C21H16BrFN3O2S.C5H11NO/c1-11-18(20(27)26-16-5-3-4-6-17(16)28-2)19(14(10-24)21(29)25-11)13-8-7-12(22)9-15(13)23;1-6-2-4-7-5-3-6/h3-9,19H,1-2H3,(H,25,29)(H,26,27);2-5H2,1H3/q-1;/p+1. The molecular formula is C26H28BrFN4O3S. The number of ether oxygens (including phenoxy) is 2. The van der Waals surface area contributed by atoms with Crippen molar-refractivity contribution >= 4 is 50.6 Å². The van der Waals surface area contributed by atoms with Gasteiger partial charge < -0.3 is 30.4 Å². The molecule has 2 aromatic carbocycles. The second-order valence-corrected chi connectivity index (χ2v) is 9.66. The monoisotopic (exact) mass is 574 g/mol. The molecule has 10 heteroatoms. The number of carbonyl (C=O) groups excluding carboxylic acids is 1. The van der Waals surface area contributed by atoms with Gasteiger partial charge in [0.1, 0.15) is 29.6 Å². The number of carbonyl (C=O) groups is 1. The van der Waals surface area contributed by atoms with Crippen LogP contribution in [0.25, 0.3) is 5.41 Å². The number of nitrogens with one attached hydrogen (secondary N) is 3. The lowest BCUT2D eigenvalue weighted by atomic mass is 9.81. The van der Waals surface area contributed by atoms with Crippen molar-refractivity contribution in [1.82, 2.24) is 5.32 Å². The molecule has 0 aromatic heterocycles. The van der Waals surface area contributed by atoms with Crippen LogP contribution in [0.4, 0.5) is 10.1 Å². The maximum absolute atomic E-state index is 14.8. The summed E-state index contributed by atoms with van der Waals surface area (Å²) >= 11 is 8.50. The zero-order valence-electron chi connectivity index (χ0n) is 20.3. The number of nitrogens with zero attached hydrogens (tertiary/aromatic N) is 1. The Kier molecular flexibility index (Phi) is 9.92. The molecule has 0 bridgehead atoms. The van der Waals surface area contributed by atoms with Gasteiger partial charge in [0.25, 0.3) is 5.91 Å². The fraction of sp³-hybridized carbons (Fsp3) is 0.308. The second kappa shape index (κ2) is 12.9. The van der Waals surface area contributed by atoms with Crippen LogP contribution < -0.4 is 20.3 Å². The van der Waals surface area contributed by atoms with Gasteiger partial charge in [-0.05, 0) is 31.2 Å². The first-order chi connectivity index (χ1) is 17.3. The number of quaternary nitrogens is 1. The van der Waals surface area contributed by atoms with E-state index in [4.69, 9.17) is 21.7 Å². The number of benzene rings is 2. The highest BCUT2D eigenvalue weighted by Crippen LogP contribution is 2.39. The van der Waals surface area contributed by atoms with Gasteiger partial charge in [-0.15, -0.1) is 0 Å². The Balaban J connectivity index is 0.000000444. The lowest BCUT2D eigenvalue weighted by molar-refractivity contribution is -0.888. The zero-order valence-corrected chi connectivity index (χ0v) is 22.7. The van der Waals surface area contributed by atoms with E-state index in [9.17, 15) is 14.6 Å². The van der Waals surface area contributed by atoms with E-state index in [0.29, 0.717) is 21.6 Å². The highest BCUT2D eigenvalue weighted by Gasteiger charge is 2.35. The number of hydrogen-bond donors (Lipinski definition) is 3. The Morgan fingerprint density at radius 1 is 1.31 bits per heavy atom. The summed E-state index contributed by atoms with van der Waals surface area (Å²) in [5.74, 6) is 0.550. The van der Waals surface area contributed by atoms with E-state index in [1.54, 1.807) is 48.2 Å². The van der Waals surface area contributed by atoms with Crippen molar-refractivity contribution in [2.75, 3.05) is 45.8 Å². The number of allylic oxidation sites excluding steroid dienone is 1. The van der Waals surface area contributed by atoms with Gasteiger partial charge in [-0.1, -0.05) is 46.3 Å². The van der Waals surface area contributed by atoms with Gasteiger partial charge in [0.05, 0.1) is 39.0 Å². The van der Waals surface area contributed by atoms with E-state index in [0.717, 1.165) is 13.2 Å². The van der Waals surface area contributed by atoms with E-state index in [-0.39, 0.29) is 21.7 Å². The molecule has 4 rings (SSSR count). The first kappa shape index (κ1) is 27.7.